The number of ether oxygens (including phenoxy) is 1. The molecule has 0 spiro atoms. The molecule has 0 saturated heterocycles. The minimum Gasteiger partial charge on any atom is -0.494 e. The molecule has 0 fully saturated rings. The van der Waals surface area contributed by atoms with Gasteiger partial charge in [-0.2, -0.15) is 0 Å². The van der Waals surface area contributed by atoms with Gasteiger partial charge in [-0.05, 0) is 56.7 Å². The van der Waals surface area contributed by atoms with Crippen LogP contribution in [0.3, 0.4) is 0 Å². The van der Waals surface area contributed by atoms with Gasteiger partial charge in [-0.3, -0.25) is 9.59 Å². The number of benzene rings is 1. The van der Waals surface area contributed by atoms with Gasteiger partial charge in [0.05, 0.1) is 19.2 Å². The molecular weight excluding hydrogens is 332 g/mol. The average molecular weight is 358 g/mol. The van der Waals surface area contributed by atoms with E-state index in [9.17, 15) is 9.59 Å². The Kier molecular flexibility index (Phi) is 7.26. The molecule has 1 aromatic heterocycles. The largest absolute Gasteiger partial charge is 0.494 e. The molecule has 0 saturated carbocycles. The van der Waals surface area contributed by atoms with Crippen LogP contribution in [0.25, 0.3) is 0 Å². The van der Waals surface area contributed by atoms with Crippen molar-refractivity contribution in [3.8, 4) is 5.75 Å². The molecule has 0 aliphatic carbocycles. The first kappa shape index (κ1) is 19.6. The van der Waals surface area contributed by atoms with E-state index in [1.165, 1.54) is 0 Å². The van der Waals surface area contributed by atoms with Gasteiger partial charge >= 0.3 is 0 Å². The molecular formula is C20H26N2O4. The first-order valence-electron chi connectivity index (χ1n) is 8.86. The van der Waals surface area contributed by atoms with Crippen molar-refractivity contribution in [3.63, 3.8) is 0 Å². The highest BCUT2D eigenvalue weighted by molar-refractivity contribution is 5.96. The van der Waals surface area contributed by atoms with Crippen molar-refractivity contribution >= 4 is 11.8 Å². The molecule has 140 valence electrons. The average Bonchev–Trinajstić information content (AvgIpc) is 3.07. The van der Waals surface area contributed by atoms with Gasteiger partial charge in [0, 0.05) is 5.56 Å². The predicted octanol–water partition coefficient (Wildman–Crippen LogP) is 3.37. The molecule has 1 atom stereocenters. The third-order valence-corrected chi connectivity index (χ3v) is 3.86. The fraction of sp³-hybridized carbons (Fsp3) is 0.400. The van der Waals surface area contributed by atoms with Crippen molar-refractivity contribution in [2.45, 2.75) is 39.7 Å². The van der Waals surface area contributed by atoms with Gasteiger partial charge in [0.15, 0.2) is 0 Å². The second kappa shape index (κ2) is 9.65. The highest BCUT2D eigenvalue weighted by Crippen LogP contribution is 2.15. The lowest BCUT2D eigenvalue weighted by atomic mass is 10.2. The van der Waals surface area contributed by atoms with E-state index >= 15 is 0 Å². The molecule has 2 amide bonds. The van der Waals surface area contributed by atoms with Crippen LogP contribution in [0.15, 0.2) is 40.8 Å². The first-order valence-corrected chi connectivity index (χ1v) is 8.86. The predicted molar refractivity (Wildman–Crippen MR) is 99.2 cm³/mol. The summed E-state index contributed by atoms with van der Waals surface area (Å²) in [5, 5.41) is 5.40. The minimum absolute atomic E-state index is 0.0996. The van der Waals surface area contributed by atoms with Gasteiger partial charge in [-0.1, -0.05) is 13.3 Å². The number of rotatable bonds is 9. The Balaban J connectivity index is 1.77. The molecule has 0 aliphatic rings. The lowest BCUT2D eigenvalue weighted by Gasteiger charge is -2.12. The monoisotopic (exact) mass is 358 g/mol. The van der Waals surface area contributed by atoms with E-state index in [2.05, 4.69) is 17.6 Å². The van der Waals surface area contributed by atoms with Crippen LogP contribution in [-0.4, -0.2) is 25.0 Å². The Bertz CT molecular complexity index is 722. The lowest BCUT2D eigenvalue weighted by Crippen LogP contribution is -2.37. The SMILES string of the molecule is CCCCOc1ccc(C(=O)NCC(=O)NC(C)c2ccc(C)o2)cc1. The maximum absolute atomic E-state index is 12.1. The van der Waals surface area contributed by atoms with E-state index in [0.29, 0.717) is 17.9 Å². The molecule has 2 N–H and O–H groups in total. The summed E-state index contributed by atoms with van der Waals surface area (Å²) >= 11 is 0. The van der Waals surface area contributed by atoms with Gasteiger partial charge in [0.25, 0.3) is 5.91 Å². The van der Waals surface area contributed by atoms with Crippen LogP contribution in [0, 0.1) is 6.92 Å². The van der Waals surface area contributed by atoms with Crippen molar-refractivity contribution in [2.24, 2.45) is 0 Å². The molecule has 6 heteroatoms. The zero-order chi connectivity index (χ0) is 18.9. The maximum Gasteiger partial charge on any atom is 0.251 e. The van der Waals surface area contributed by atoms with Crippen molar-refractivity contribution in [2.75, 3.05) is 13.2 Å². The summed E-state index contributed by atoms with van der Waals surface area (Å²) in [5.74, 6) is 1.62. The number of aryl methyl sites for hydroxylation is 1. The Morgan fingerprint density at radius 3 is 2.50 bits per heavy atom. The Labute approximate surface area is 153 Å². The third-order valence-electron chi connectivity index (χ3n) is 3.86. The van der Waals surface area contributed by atoms with Gasteiger partial charge in [0.1, 0.15) is 17.3 Å². The molecule has 0 bridgehead atoms. The van der Waals surface area contributed by atoms with Gasteiger partial charge in [-0.15, -0.1) is 0 Å². The van der Waals surface area contributed by atoms with Crippen molar-refractivity contribution in [3.05, 3.63) is 53.5 Å². The third kappa shape index (κ3) is 5.95. The number of hydrogen-bond donors (Lipinski definition) is 2. The molecule has 0 radical (unpaired) electrons. The summed E-state index contributed by atoms with van der Waals surface area (Å²) in [4.78, 5) is 24.1. The van der Waals surface area contributed by atoms with Crippen LogP contribution in [0.4, 0.5) is 0 Å². The summed E-state index contributed by atoms with van der Waals surface area (Å²) in [5.41, 5.74) is 0.482. The summed E-state index contributed by atoms with van der Waals surface area (Å²) in [6, 6.07) is 10.3. The van der Waals surface area contributed by atoms with E-state index in [4.69, 9.17) is 9.15 Å². The van der Waals surface area contributed by atoms with E-state index in [1.807, 2.05) is 26.0 Å². The topological polar surface area (TPSA) is 80.6 Å². The van der Waals surface area contributed by atoms with E-state index in [1.54, 1.807) is 24.3 Å². The van der Waals surface area contributed by atoms with Crippen LogP contribution >= 0.6 is 0 Å². The summed E-state index contributed by atoms with van der Waals surface area (Å²) in [6.07, 6.45) is 2.06. The Hall–Kier alpha value is -2.76. The second-order valence-corrected chi connectivity index (χ2v) is 6.15. The number of furan rings is 1. The first-order chi connectivity index (χ1) is 12.5. The van der Waals surface area contributed by atoms with E-state index in [0.717, 1.165) is 24.4 Å². The summed E-state index contributed by atoms with van der Waals surface area (Å²) < 4.78 is 11.0. The fourth-order valence-corrected chi connectivity index (χ4v) is 2.35. The highest BCUT2D eigenvalue weighted by atomic mass is 16.5. The summed E-state index contributed by atoms with van der Waals surface area (Å²) in [7, 11) is 0. The number of carbonyl (C=O) groups is 2. The van der Waals surface area contributed by atoms with Crippen LogP contribution in [0.5, 0.6) is 5.75 Å². The number of amides is 2. The fourth-order valence-electron chi connectivity index (χ4n) is 2.35. The Morgan fingerprint density at radius 2 is 1.88 bits per heavy atom. The van der Waals surface area contributed by atoms with Crippen molar-refractivity contribution < 1.29 is 18.7 Å². The Morgan fingerprint density at radius 1 is 1.15 bits per heavy atom. The number of unbranched alkanes of at least 4 members (excludes halogenated alkanes) is 1. The quantitative estimate of drug-likeness (QED) is 0.674. The molecule has 6 nitrogen and oxygen atoms in total. The van der Waals surface area contributed by atoms with E-state index < -0.39 is 0 Å². The molecule has 2 rings (SSSR count). The molecule has 0 aliphatic heterocycles. The van der Waals surface area contributed by atoms with Crippen LogP contribution in [0.1, 0.15) is 54.6 Å². The summed E-state index contributed by atoms with van der Waals surface area (Å²) in [6.45, 7) is 6.34. The highest BCUT2D eigenvalue weighted by Gasteiger charge is 2.14. The maximum atomic E-state index is 12.1. The zero-order valence-electron chi connectivity index (χ0n) is 15.5. The standard InChI is InChI=1S/C20H26N2O4/c1-4-5-12-25-17-9-7-16(8-10-17)20(24)21-13-19(23)22-15(3)18-11-6-14(2)26-18/h6-11,15H,4-5,12-13H2,1-3H3,(H,21,24)(H,22,23). The normalized spacial score (nSPS) is 11.7. The molecule has 26 heavy (non-hydrogen) atoms. The van der Waals surface area contributed by atoms with E-state index in [-0.39, 0.29) is 24.4 Å². The van der Waals surface area contributed by atoms with Gasteiger partial charge in [-0.25, -0.2) is 0 Å². The number of nitrogens with one attached hydrogen (secondary N) is 2. The van der Waals surface area contributed by atoms with Gasteiger partial charge in [0.2, 0.25) is 5.91 Å². The smallest absolute Gasteiger partial charge is 0.251 e. The van der Waals surface area contributed by atoms with Crippen LogP contribution in [0.2, 0.25) is 0 Å². The molecule has 2 aromatic rings. The minimum atomic E-state index is -0.304. The number of carbonyl (C=O) groups excluding carboxylic acids is 2. The lowest BCUT2D eigenvalue weighted by molar-refractivity contribution is -0.120. The molecule has 1 unspecified atom stereocenters. The molecule has 1 heterocycles. The van der Waals surface area contributed by atoms with Gasteiger partial charge < -0.3 is 19.8 Å². The van der Waals surface area contributed by atoms with Crippen molar-refractivity contribution in [1.82, 2.24) is 10.6 Å². The second-order valence-electron chi connectivity index (χ2n) is 6.15. The number of hydrogen-bond acceptors (Lipinski definition) is 4. The van der Waals surface area contributed by atoms with Crippen LogP contribution < -0.4 is 15.4 Å². The molecule has 1 aromatic carbocycles. The zero-order valence-corrected chi connectivity index (χ0v) is 15.5. The van der Waals surface area contributed by atoms with Crippen LogP contribution in [-0.2, 0) is 4.79 Å². The van der Waals surface area contributed by atoms with Crippen molar-refractivity contribution in [1.29, 1.82) is 0 Å².